The fourth-order valence-corrected chi connectivity index (χ4v) is 4.04. The van der Waals surface area contributed by atoms with Crippen molar-refractivity contribution in [3.63, 3.8) is 0 Å². The van der Waals surface area contributed by atoms with Gasteiger partial charge in [0.05, 0.1) is 20.3 Å². The summed E-state index contributed by atoms with van der Waals surface area (Å²) in [6.07, 6.45) is -0.633. The lowest BCUT2D eigenvalue weighted by atomic mass is 10.3. The Kier molecular flexibility index (Phi) is 6.77. The normalized spacial score (nSPS) is 17.1. The van der Waals surface area contributed by atoms with E-state index in [1.165, 1.54) is 23.5 Å². The average molecular weight is 372 g/mol. The second-order valence-electron chi connectivity index (χ2n) is 5.47. The van der Waals surface area contributed by atoms with Gasteiger partial charge in [0.15, 0.2) is 0 Å². The number of sulfonamides is 1. The summed E-state index contributed by atoms with van der Waals surface area (Å²) in [6.45, 7) is 5.10. The summed E-state index contributed by atoms with van der Waals surface area (Å²) < 4.78 is 42.8. The van der Waals surface area contributed by atoms with E-state index in [9.17, 15) is 13.2 Å². The third kappa shape index (κ3) is 4.69. The van der Waals surface area contributed by atoms with Crippen LogP contribution in [-0.2, 0) is 24.3 Å². The third-order valence-electron chi connectivity index (χ3n) is 3.80. The fraction of sp³-hybridized carbons (Fsp3) is 0.562. The predicted octanol–water partition coefficient (Wildman–Crippen LogP) is 1.08. The number of hydrogen-bond acceptors (Lipinski definition) is 6. The van der Waals surface area contributed by atoms with Gasteiger partial charge in [0.1, 0.15) is 16.7 Å². The highest BCUT2D eigenvalue weighted by Gasteiger charge is 2.29. The highest BCUT2D eigenvalue weighted by Crippen LogP contribution is 2.30. The molecule has 0 bridgehead atoms. The van der Waals surface area contributed by atoms with Crippen molar-refractivity contribution in [2.24, 2.45) is 0 Å². The van der Waals surface area contributed by atoms with Gasteiger partial charge in [-0.2, -0.15) is 4.31 Å². The Labute approximate surface area is 148 Å². The van der Waals surface area contributed by atoms with E-state index in [4.69, 9.17) is 14.2 Å². The van der Waals surface area contributed by atoms with Crippen LogP contribution in [0.1, 0.15) is 13.8 Å². The van der Waals surface area contributed by atoms with E-state index in [1.54, 1.807) is 19.9 Å². The van der Waals surface area contributed by atoms with Gasteiger partial charge in [-0.25, -0.2) is 8.42 Å². The van der Waals surface area contributed by atoms with Gasteiger partial charge >= 0.3 is 0 Å². The van der Waals surface area contributed by atoms with E-state index in [-0.39, 0.29) is 29.6 Å². The summed E-state index contributed by atoms with van der Waals surface area (Å²) in [5.41, 5.74) is 0.365. The summed E-state index contributed by atoms with van der Waals surface area (Å²) in [5, 5.41) is 2.67. The van der Waals surface area contributed by atoms with Crippen molar-refractivity contribution in [2.75, 3.05) is 45.3 Å². The maximum atomic E-state index is 12.9. The van der Waals surface area contributed by atoms with E-state index >= 15 is 0 Å². The molecule has 1 fully saturated rings. The predicted molar refractivity (Wildman–Crippen MR) is 92.3 cm³/mol. The molecular weight excluding hydrogens is 348 g/mol. The molecule has 1 heterocycles. The van der Waals surface area contributed by atoms with Crippen LogP contribution in [0.15, 0.2) is 23.1 Å². The maximum Gasteiger partial charge on any atom is 0.253 e. The Morgan fingerprint density at radius 2 is 2.04 bits per heavy atom. The fourth-order valence-electron chi connectivity index (χ4n) is 2.45. The molecule has 25 heavy (non-hydrogen) atoms. The van der Waals surface area contributed by atoms with E-state index in [1.807, 2.05) is 0 Å². The zero-order valence-corrected chi connectivity index (χ0v) is 15.5. The van der Waals surface area contributed by atoms with Crippen molar-refractivity contribution in [3.05, 3.63) is 18.2 Å². The Bertz CT molecular complexity index is 701. The van der Waals surface area contributed by atoms with Gasteiger partial charge in [0, 0.05) is 25.4 Å². The highest BCUT2D eigenvalue weighted by atomic mass is 32.2. The Morgan fingerprint density at radius 3 is 2.64 bits per heavy atom. The van der Waals surface area contributed by atoms with Crippen LogP contribution in [0.4, 0.5) is 5.69 Å². The lowest BCUT2D eigenvalue weighted by Crippen LogP contribution is -2.40. The second kappa shape index (κ2) is 8.61. The lowest BCUT2D eigenvalue weighted by molar-refractivity contribution is -0.126. The zero-order valence-electron chi connectivity index (χ0n) is 14.6. The molecule has 1 aromatic rings. The number of benzene rings is 1. The molecule has 1 aromatic carbocycles. The minimum Gasteiger partial charge on any atom is -0.495 e. The summed E-state index contributed by atoms with van der Waals surface area (Å²) in [7, 11) is -2.34. The first-order valence-electron chi connectivity index (χ1n) is 8.08. The first kappa shape index (κ1) is 19.6. The Morgan fingerprint density at radius 1 is 1.36 bits per heavy atom. The first-order chi connectivity index (χ1) is 11.9. The molecule has 0 spiro atoms. The second-order valence-corrected chi connectivity index (χ2v) is 7.38. The van der Waals surface area contributed by atoms with E-state index in [0.717, 1.165) is 0 Å². The molecule has 9 heteroatoms. The number of amides is 1. The number of carbonyl (C=O) groups excluding carboxylic acids is 1. The summed E-state index contributed by atoms with van der Waals surface area (Å²) >= 11 is 0. The zero-order chi connectivity index (χ0) is 18.4. The SMILES string of the molecule is CCOC(C)C(=O)Nc1ccc(OC)c(S(=O)(=O)N2CCOCC2)c1. The number of anilines is 1. The van der Waals surface area contributed by atoms with Crippen LogP contribution in [-0.4, -0.2) is 64.8 Å². The molecule has 0 aliphatic carbocycles. The van der Waals surface area contributed by atoms with E-state index < -0.39 is 16.1 Å². The van der Waals surface area contributed by atoms with Crippen molar-refractivity contribution >= 4 is 21.6 Å². The third-order valence-corrected chi connectivity index (χ3v) is 5.72. The molecule has 8 nitrogen and oxygen atoms in total. The maximum absolute atomic E-state index is 12.9. The van der Waals surface area contributed by atoms with Crippen LogP contribution < -0.4 is 10.1 Å². The van der Waals surface area contributed by atoms with Gasteiger partial charge in [-0.15, -0.1) is 0 Å². The minimum absolute atomic E-state index is 0.0127. The molecule has 2 rings (SSSR count). The lowest BCUT2D eigenvalue weighted by Gasteiger charge is -2.27. The van der Waals surface area contributed by atoms with Crippen molar-refractivity contribution in [1.82, 2.24) is 4.31 Å². The molecule has 1 aliphatic heterocycles. The van der Waals surface area contributed by atoms with Crippen molar-refractivity contribution < 1.29 is 27.4 Å². The van der Waals surface area contributed by atoms with E-state index in [2.05, 4.69) is 5.32 Å². The monoisotopic (exact) mass is 372 g/mol. The number of rotatable bonds is 7. The van der Waals surface area contributed by atoms with Gasteiger partial charge in [0.2, 0.25) is 10.0 Å². The summed E-state index contributed by atoms with van der Waals surface area (Å²) in [4.78, 5) is 12.1. The number of methoxy groups -OCH3 is 1. The average Bonchev–Trinajstić information content (AvgIpc) is 2.62. The Balaban J connectivity index is 2.29. The molecule has 1 amide bonds. The summed E-state index contributed by atoms with van der Waals surface area (Å²) in [6, 6.07) is 4.52. The number of morpholine rings is 1. The van der Waals surface area contributed by atoms with Crippen LogP contribution in [0.25, 0.3) is 0 Å². The molecule has 1 saturated heterocycles. The largest absolute Gasteiger partial charge is 0.495 e. The number of hydrogen-bond donors (Lipinski definition) is 1. The first-order valence-corrected chi connectivity index (χ1v) is 9.52. The molecule has 1 aliphatic rings. The number of carbonyl (C=O) groups is 1. The molecular formula is C16H24N2O6S. The quantitative estimate of drug-likeness (QED) is 0.770. The molecule has 1 unspecified atom stereocenters. The van der Waals surface area contributed by atoms with Crippen molar-refractivity contribution in [1.29, 1.82) is 0 Å². The topological polar surface area (TPSA) is 94.2 Å². The van der Waals surface area contributed by atoms with E-state index in [0.29, 0.717) is 25.5 Å². The highest BCUT2D eigenvalue weighted by molar-refractivity contribution is 7.89. The number of nitrogens with zero attached hydrogens (tertiary/aromatic N) is 1. The Hall–Kier alpha value is -1.68. The molecule has 1 N–H and O–H groups in total. The van der Waals surface area contributed by atoms with Crippen LogP contribution >= 0.6 is 0 Å². The molecule has 0 saturated carbocycles. The number of nitrogens with one attached hydrogen (secondary N) is 1. The van der Waals surface area contributed by atoms with Crippen molar-refractivity contribution in [3.8, 4) is 5.75 Å². The molecule has 140 valence electrons. The van der Waals surface area contributed by atoms with Gasteiger partial charge in [0.25, 0.3) is 5.91 Å². The summed E-state index contributed by atoms with van der Waals surface area (Å²) in [5.74, 6) is -0.121. The molecule has 1 atom stereocenters. The molecule has 0 aromatic heterocycles. The van der Waals surface area contributed by atoms with Crippen molar-refractivity contribution in [2.45, 2.75) is 24.8 Å². The van der Waals surface area contributed by atoms with Gasteiger partial charge in [-0.05, 0) is 32.0 Å². The van der Waals surface area contributed by atoms with Gasteiger partial charge < -0.3 is 19.5 Å². The van der Waals surface area contributed by atoms with Crippen LogP contribution in [0.2, 0.25) is 0 Å². The number of ether oxygens (including phenoxy) is 3. The van der Waals surface area contributed by atoms with Gasteiger partial charge in [-0.3, -0.25) is 4.79 Å². The van der Waals surface area contributed by atoms with Gasteiger partial charge in [-0.1, -0.05) is 0 Å². The van der Waals surface area contributed by atoms with Crippen LogP contribution in [0.3, 0.4) is 0 Å². The standard InChI is InChI=1S/C16H24N2O6S/c1-4-24-12(2)16(19)17-13-5-6-14(22-3)15(11-13)25(20,21)18-7-9-23-10-8-18/h5-6,11-12H,4,7-10H2,1-3H3,(H,17,19). The van der Waals surface area contributed by atoms with Crippen LogP contribution in [0, 0.1) is 0 Å². The molecule has 0 radical (unpaired) electrons. The minimum atomic E-state index is -3.75. The smallest absolute Gasteiger partial charge is 0.253 e. The van der Waals surface area contributed by atoms with Crippen LogP contribution in [0.5, 0.6) is 5.75 Å².